The predicted molar refractivity (Wildman–Crippen MR) is 122 cm³/mol. The molecule has 1 aromatic heterocycles. The van der Waals surface area contributed by atoms with Crippen LogP contribution in [0, 0.1) is 18.6 Å². The fourth-order valence-electron chi connectivity index (χ4n) is 5.02. The van der Waals surface area contributed by atoms with Crippen LogP contribution in [0.5, 0.6) is 0 Å². The van der Waals surface area contributed by atoms with Crippen molar-refractivity contribution in [2.24, 2.45) is 7.05 Å². The Kier molecular flexibility index (Phi) is 5.72. The van der Waals surface area contributed by atoms with E-state index in [2.05, 4.69) is 33.6 Å². The van der Waals surface area contributed by atoms with E-state index < -0.39 is 11.6 Å². The third kappa shape index (κ3) is 3.59. The van der Waals surface area contributed by atoms with Gasteiger partial charge in [0.15, 0.2) is 5.82 Å². The maximum Gasteiger partial charge on any atom is 0.276 e. The minimum Gasteiger partial charge on any atom is -0.363 e. The van der Waals surface area contributed by atoms with Crippen molar-refractivity contribution in [2.75, 3.05) is 63.7 Å². The Morgan fingerprint density at radius 3 is 2.52 bits per heavy atom. The second-order valence-electron chi connectivity index (χ2n) is 9.45. The van der Waals surface area contributed by atoms with Gasteiger partial charge >= 0.3 is 0 Å². The number of hydrogen-bond acceptors (Lipinski definition) is 5. The van der Waals surface area contributed by atoms with Crippen molar-refractivity contribution in [1.29, 1.82) is 0 Å². The number of halogens is 2. The van der Waals surface area contributed by atoms with Crippen LogP contribution in [-0.4, -0.2) is 80.3 Å². The first kappa shape index (κ1) is 22.0. The van der Waals surface area contributed by atoms with E-state index in [1.54, 1.807) is 7.05 Å². The molecule has 0 saturated carbocycles. The van der Waals surface area contributed by atoms with Gasteiger partial charge in [-0.05, 0) is 54.0 Å². The monoisotopic (exact) mass is 433 g/mol. The van der Waals surface area contributed by atoms with Gasteiger partial charge in [0.2, 0.25) is 0 Å². The summed E-state index contributed by atoms with van der Waals surface area (Å²) in [6, 6.07) is 1.86. The summed E-state index contributed by atoms with van der Waals surface area (Å²) in [5.74, 6) is -1.23. The van der Waals surface area contributed by atoms with Crippen LogP contribution in [0.15, 0.2) is 10.9 Å². The Morgan fingerprint density at radius 2 is 1.84 bits per heavy atom. The Bertz CT molecular complexity index is 1070. The van der Waals surface area contributed by atoms with Crippen LogP contribution < -0.4 is 15.4 Å². The van der Waals surface area contributed by atoms with Gasteiger partial charge in [-0.15, -0.1) is 0 Å². The molecule has 2 aliphatic rings. The fraction of sp³-hybridized carbons (Fsp3) is 0.609. The third-order valence-corrected chi connectivity index (χ3v) is 6.96. The van der Waals surface area contributed by atoms with E-state index in [-0.39, 0.29) is 28.7 Å². The van der Waals surface area contributed by atoms with Crippen molar-refractivity contribution in [1.82, 2.24) is 14.4 Å². The van der Waals surface area contributed by atoms with Crippen molar-refractivity contribution < 1.29 is 8.78 Å². The zero-order valence-electron chi connectivity index (χ0n) is 19.4. The molecule has 2 aliphatic heterocycles. The van der Waals surface area contributed by atoms with E-state index in [9.17, 15) is 9.18 Å². The van der Waals surface area contributed by atoms with E-state index in [0.29, 0.717) is 16.8 Å². The van der Waals surface area contributed by atoms with Crippen LogP contribution in [0.1, 0.15) is 18.9 Å². The minimum atomic E-state index is -0.652. The molecule has 31 heavy (non-hydrogen) atoms. The van der Waals surface area contributed by atoms with E-state index in [0.717, 1.165) is 39.1 Å². The molecule has 0 aliphatic carbocycles. The SMILES string of the molecule is Cc1c(F)cc2c3c(c(=O)n(C)c2c1F)N(CCCN(C)C)CC1CN(C)C(C)CN31. The Labute approximate surface area is 182 Å². The lowest BCUT2D eigenvalue weighted by Crippen LogP contribution is -2.63. The number of pyridine rings is 1. The molecular weight excluding hydrogens is 400 g/mol. The molecule has 0 amide bonds. The van der Waals surface area contributed by atoms with Gasteiger partial charge in [-0.25, -0.2) is 8.78 Å². The molecule has 0 spiro atoms. The summed E-state index contributed by atoms with van der Waals surface area (Å²) in [6.45, 7) is 7.50. The topological polar surface area (TPSA) is 35.0 Å². The summed E-state index contributed by atoms with van der Waals surface area (Å²) in [5, 5.41) is 0.483. The molecule has 6 nitrogen and oxygen atoms in total. The van der Waals surface area contributed by atoms with E-state index in [1.165, 1.54) is 17.6 Å². The maximum atomic E-state index is 15.2. The first-order valence-electron chi connectivity index (χ1n) is 11.0. The minimum absolute atomic E-state index is 0.0515. The summed E-state index contributed by atoms with van der Waals surface area (Å²) < 4.78 is 31.2. The fourth-order valence-corrected chi connectivity index (χ4v) is 5.02. The van der Waals surface area contributed by atoms with Crippen LogP contribution in [-0.2, 0) is 7.05 Å². The molecule has 170 valence electrons. The van der Waals surface area contributed by atoms with Gasteiger partial charge in [0.1, 0.15) is 11.5 Å². The molecule has 3 heterocycles. The van der Waals surface area contributed by atoms with E-state index in [1.807, 2.05) is 14.1 Å². The number of piperazine rings is 1. The highest BCUT2D eigenvalue weighted by atomic mass is 19.1. The van der Waals surface area contributed by atoms with Gasteiger partial charge in [-0.1, -0.05) is 0 Å². The highest BCUT2D eigenvalue weighted by molar-refractivity contribution is 6.00. The lowest BCUT2D eigenvalue weighted by Gasteiger charge is -2.51. The maximum absolute atomic E-state index is 15.2. The van der Waals surface area contributed by atoms with Crippen LogP contribution in [0.3, 0.4) is 0 Å². The lowest BCUT2D eigenvalue weighted by molar-refractivity contribution is 0.198. The summed E-state index contributed by atoms with van der Waals surface area (Å²) in [4.78, 5) is 22.3. The standard InChI is InChI=1S/C23H33F2N5O/c1-14-11-30-16(12-27(14)5)13-29(9-7-8-26(3)4)22-21(30)17-10-18(24)15(2)19(25)20(17)28(6)23(22)31/h10,14,16H,7-9,11-13H2,1-6H3. The number of aromatic nitrogens is 1. The molecule has 0 radical (unpaired) electrons. The second-order valence-corrected chi connectivity index (χ2v) is 9.45. The third-order valence-electron chi connectivity index (χ3n) is 6.96. The molecule has 4 rings (SSSR count). The van der Waals surface area contributed by atoms with Gasteiger partial charge < -0.3 is 19.3 Å². The average Bonchev–Trinajstić information content (AvgIpc) is 2.70. The van der Waals surface area contributed by atoms with Crippen molar-refractivity contribution in [3.8, 4) is 0 Å². The quantitative estimate of drug-likeness (QED) is 0.740. The largest absolute Gasteiger partial charge is 0.363 e. The van der Waals surface area contributed by atoms with Crippen LogP contribution in [0.2, 0.25) is 0 Å². The molecule has 0 N–H and O–H groups in total. The van der Waals surface area contributed by atoms with Crippen molar-refractivity contribution in [3.05, 3.63) is 33.6 Å². The molecule has 1 aromatic carbocycles. The van der Waals surface area contributed by atoms with Gasteiger partial charge in [-0.3, -0.25) is 9.69 Å². The number of anilines is 2. The molecule has 2 aromatic rings. The molecule has 2 atom stereocenters. The van der Waals surface area contributed by atoms with Gasteiger partial charge in [0, 0.05) is 50.2 Å². The number of rotatable bonds is 4. The summed E-state index contributed by atoms with van der Waals surface area (Å²) in [7, 11) is 7.76. The molecule has 0 bridgehead atoms. The van der Waals surface area contributed by atoms with E-state index in [4.69, 9.17) is 0 Å². The van der Waals surface area contributed by atoms with E-state index >= 15 is 4.39 Å². The Balaban J connectivity index is 1.96. The Hall–Kier alpha value is -2.19. The molecule has 2 unspecified atom stereocenters. The van der Waals surface area contributed by atoms with Gasteiger partial charge in [0.25, 0.3) is 5.56 Å². The first-order chi connectivity index (χ1) is 14.6. The van der Waals surface area contributed by atoms with Gasteiger partial charge in [0.05, 0.1) is 17.2 Å². The lowest BCUT2D eigenvalue weighted by atomic mass is 9.98. The average molecular weight is 434 g/mol. The van der Waals surface area contributed by atoms with Crippen LogP contribution in [0.4, 0.5) is 20.2 Å². The summed E-state index contributed by atoms with van der Waals surface area (Å²) in [5.41, 5.74) is 1.18. The number of nitrogens with zero attached hydrogens (tertiary/aromatic N) is 5. The highest BCUT2D eigenvalue weighted by Crippen LogP contribution is 2.41. The van der Waals surface area contributed by atoms with Crippen LogP contribution >= 0.6 is 0 Å². The van der Waals surface area contributed by atoms with Crippen molar-refractivity contribution in [2.45, 2.75) is 32.4 Å². The van der Waals surface area contributed by atoms with Gasteiger partial charge in [-0.2, -0.15) is 0 Å². The second kappa shape index (κ2) is 8.06. The molecule has 1 fully saturated rings. The molecule has 1 saturated heterocycles. The number of aryl methyl sites for hydroxylation is 1. The number of hydrogen-bond donors (Lipinski definition) is 0. The van der Waals surface area contributed by atoms with Crippen LogP contribution in [0.25, 0.3) is 10.9 Å². The highest BCUT2D eigenvalue weighted by Gasteiger charge is 2.40. The Morgan fingerprint density at radius 1 is 1.13 bits per heavy atom. The molecular formula is C23H33F2N5O. The summed E-state index contributed by atoms with van der Waals surface area (Å²) in [6.07, 6.45) is 0.906. The first-order valence-corrected chi connectivity index (χ1v) is 11.0. The number of fused-ring (bicyclic) bond motifs is 5. The predicted octanol–water partition coefficient (Wildman–Crippen LogP) is 2.41. The van der Waals surface area contributed by atoms with Crippen molar-refractivity contribution >= 4 is 22.3 Å². The zero-order chi connectivity index (χ0) is 22.6. The van der Waals surface area contributed by atoms with Crippen molar-refractivity contribution in [3.63, 3.8) is 0 Å². The number of benzene rings is 1. The zero-order valence-corrected chi connectivity index (χ0v) is 19.4. The number of likely N-dealkylation sites (N-methyl/N-ethyl adjacent to an activating group) is 1. The smallest absolute Gasteiger partial charge is 0.276 e. The summed E-state index contributed by atoms with van der Waals surface area (Å²) >= 11 is 0. The molecule has 8 heteroatoms. The normalized spacial score (nSPS) is 21.7.